The molecule has 1 aliphatic rings. The molecular weight excluding hydrogens is 118 g/mol. The van der Waals surface area contributed by atoms with Crippen molar-refractivity contribution in [2.24, 2.45) is 5.73 Å². The number of hydrogen-bond donors (Lipinski definition) is 2. The van der Waals surface area contributed by atoms with E-state index in [0.29, 0.717) is 6.61 Å². The molecule has 0 aromatic heterocycles. The van der Waals surface area contributed by atoms with Crippen LogP contribution in [0.1, 0.15) is 13.3 Å². The van der Waals surface area contributed by atoms with Crippen LogP contribution < -0.4 is 5.73 Å². The smallest absolute Gasteiger partial charge is 0.0950 e. The van der Waals surface area contributed by atoms with Gasteiger partial charge in [-0.15, -0.1) is 0 Å². The van der Waals surface area contributed by atoms with Crippen molar-refractivity contribution in [1.82, 2.24) is 0 Å². The van der Waals surface area contributed by atoms with Gasteiger partial charge in [0.05, 0.1) is 12.2 Å². The van der Waals surface area contributed by atoms with Crippen molar-refractivity contribution >= 4 is 0 Å². The highest BCUT2D eigenvalue weighted by Gasteiger charge is 2.26. The van der Waals surface area contributed by atoms with Gasteiger partial charge in [0.25, 0.3) is 0 Å². The number of aliphatic hydroxyl groups excluding tert-OH is 1. The van der Waals surface area contributed by atoms with E-state index in [2.05, 4.69) is 0 Å². The van der Waals surface area contributed by atoms with Crippen LogP contribution in [0.4, 0.5) is 0 Å². The monoisotopic (exact) mass is 131 g/mol. The molecule has 3 nitrogen and oxygen atoms in total. The maximum atomic E-state index is 9.20. The Labute approximate surface area is 54.8 Å². The van der Waals surface area contributed by atoms with E-state index in [1.54, 1.807) is 0 Å². The van der Waals surface area contributed by atoms with Crippen molar-refractivity contribution in [2.45, 2.75) is 31.6 Å². The van der Waals surface area contributed by atoms with E-state index in [1.165, 1.54) is 0 Å². The Balaban J connectivity index is 2.41. The predicted molar refractivity (Wildman–Crippen MR) is 34.0 cm³/mol. The Morgan fingerprint density at radius 2 is 2.33 bits per heavy atom. The van der Waals surface area contributed by atoms with Crippen LogP contribution in [0.5, 0.6) is 0 Å². The lowest BCUT2D eigenvalue weighted by atomic mass is 10.0. The van der Waals surface area contributed by atoms with Crippen LogP contribution in [0.15, 0.2) is 0 Å². The van der Waals surface area contributed by atoms with Gasteiger partial charge in [0.2, 0.25) is 0 Å². The minimum Gasteiger partial charge on any atom is -0.389 e. The minimum atomic E-state index is -0.473. The second kappa shape index (κ2) is 2.64. The van der Waals surface area contributed by atoms with Gasteiger partial charge < -0.3 is 15.6 Å². The Bertz CT molecular complexity index is 87.1. The molecule has 0 spiro atoms. The van der Waals surface area contributed by atoms with Gasteiger partial charge >= 0.3 is 0 Å². The number of rotatable bonds is 0. The summed E-state index contributed by atoms with van der Waals surface area (Å²) < 4.78 is 5.13. The maximum absolute atomic E-state index is 9.20. The highest BCUT2D eigenvalue weighted by Crippen LogP contribution is 2.11. The van der Waals surface area contributed by atoms with Gasteiger partial charge in [0.1, 0.15) is 0 Å². The van der Waals surface area contributed by atoms with Crippen LogP contribution in [-0.4, -0.2) is 30.0 Å². The van der Waals surface area contributed by atoms with Crippen molar-refractivity contribution in [3.05, 3.63) is 0 Å². The third kappa shape index (κ3) is 1.41. The molecule has 0 aromatic carbocycles. The molecule has 1 saturated heterocycles. The zero-order valence-corrected chi connectivity index (χ0v) is 5.58. The van der Waals surface area contributed by atoms with Crippen molar-refractivity contribution < 1.29 is 9.84 Å². The second-order valence-corrected chi connectivity index (χ2v) is 2.52. The van der Waals surface area contributed by atoms with E-state index in [-0.39, 0.29) is 12.1 Å². The van der Waals surface area contributed by atoms with Crippen molar-refractivity contribution in [2.75, 3.05) is 6.61 Å². The third-order valence-electron chi connectivity index (χ3n) is 1.75. The summed E-state index contributed by atoms with van der Waals surface area (Å²) in [6.45, 7) is 2.52. The maximum Gasteiger partial charge on any atom is 0.0950 e. The highest BCUT2D eigenvalue weighted by molar-refractivity contribution is 4.80. The molecule has 3 heteroatoms. The van der Waals surface area contributed by atoms with Gasteiger partial charge in [-0.3, -0.25) is 0 Å². The van der Waals surface area contributed by atoms with E-state index in [9.17, 15) is 5.11 Å². The molecule has 0 aliphatic carbocycles. The lowest BCUT2D eigenvalue weighted by molar-refractivity contribution is -0.0739. The lowest BCUT2D eigenvalue weighted by Gasteiger charge is -2.30. The van der Waals surface area contributed by atoms with E-state index in [1.807, 2.05) is 6.92 Å². The minimum absolute atomic E-state index is 0.0891. The van der Waals surface area contributed by atoms with Gasteiger partial charge in [-0.2, -0.15) is 0 Å². The van der Waals surface area contributed by atoms with Gasteiger partial charge in [-0.25, -0.2) is 0 Å². The first-order valence-electron chi connectivity index (χ1n) is 3.27. The average Bonchev–Trinajstić information content (AvgIpc) is 1.83. The first-order valence-corrected chi connectivity index (χ1v) is 3.27. The summed E-state index contributed by atoms with van der Waals surface area (Å²) in [4.78, 5) is 0. The number of hydrogen-bond acceptors (Lipinski definition) is 3. The molecule has 1 rings (SSSR count). The molecule has 54 valence electrons. The van der Waals surface area contributed by atoms with E-state index in [4.69, 9.17) is 10.5 Å². The average molecular weight is 131 g/mol. The number of ether oxygens (including phenoxy) is 1. The summed E-state index contributed by atoms with van der Waals surface area (Å²) in [5.41, 5.74) is 5.54. The summed E-state index contributed by atoms with van der Waals surface area (Å²) in [5, 5.41) is 9.20. The Morgan fingerprint density at radius 1 is 1.67 bits per heavy atom. The number of nitrogens with two attached hydrogens (primary N) is 1. The van der Waals surface area contributed by atoms with Crippen LogP contribution in [0.2, 0.25) is 0 Å². The van der Waals surface area contributed by atoms with Crippen molar-refractivity contribution in [3.63, 3.8) is 0 Å². The molecule has 0 amide bonds. The molecule has 3 atom stereocenters. The normalized spacial score (nSPS) is 45.0. The van der Waals surface area contributed by atoms with Gasteiger partial charge in [0, 0.05) is 12.6 Å². The predicted octanol–water partition coefficient (Wildman–Crippen LogP) is -0.517. The molecule has 1 aliphatic heterocycles. The summed E-state index contributed by atoms with van der Waals surface area (Å²) in [7, 11) is 0. The fraction of sp³-hybridized carbons (Fsp3) is 1.00. The largest absolute Gasteiger partial charge is 0.389 e. The standard InChI is InChI=1S/C6H13NO2/c1-4-6(8)5(7)2-3-9-4/h4-6,8H,2-3,7H2,1H3/t4-,5-,6+/m1/s1. The second-order valence-electron chi connectivity index (χ2n) is 2.52. The SMILES string of the molecule is C[C@H]1OCC[C@@H](N)[C@H]1O. The van der Waals surface area contributed by atoms with Gasteiger partial charge in [-0.1, -0.05) is 0 Å². The molecule has 0 radical (unpaired) electrons. The molecule has 3 N–H and O–H groups in total. The Kier molecular flexibility index (Phi) is 2.05. The molecule has 9 heavy (non-hydrogen) atoms. The Morgan fingerprint density at radius 3 is 2.78 bits per heavy atom. The van der Waals surface area contributed by atoms with E-state index >= 15 is 0 Å². The molecule has 0 saturated carbocycles. The van der Waals surface area contributed by atoms with Crippen LogP contribution in [0.25, 0.3) is 0 Å². The molecule has 0 aromatic rings. The summed E-state index contributed by atoms with van der Waals surface area (Å²) >= 11 is 0. The van der Waals surface area contributed by atoms with E-state index < -0.39 is 6.10 Å². The van der Waals surface area contributed by atoms with Crippen LogP contribution in [0, 0.1) is 0 Å². The fourth-order valence-electron chi connectivity index (χ4n) is 1.01. The summed E-state index contributed by atoms with van der Waals surface area (Å²) in [6, 6.07) is -0.0891. The fourth-order valence-corrected chi connectivity index (χ4v) is 1.01. The zero-order chi connectivity index (χ0) is 6.85. The lowest BCUT2D eigenvalue weighted by Crippen LogP contribution is -2.47. The van der Waals surface area contributed by atoms with E-state index in [0.717, 1.165) is 6.42 Å². The first kappa shape index (κ1) is 6.99. The zero-order valence-electron chi connectivity index (χ0n) is 5.58. The Hall–Kier alpha value is -0.120. The molecule has 0 bridgehead atoms. The van der Waals surface area contributed by atoms with Crippen LogP contribution in [0.3, 0.4) is 0 Å². The van der Waals surface area contributed by atoms with Crippen molar-refractivity contribution in [3.8, 4) is 0 Å². The molecule has 1 heterocycles. The van der Waals surface area contributed by atoms with Gasteiger partial charge in [-0.05, 0) is 13.3 Å². The van der Waals surface area contributed by atoms with Crippen molar-refractivity contribution in [1.29, 1.82) is 0 Å². The number of aliphatic hydroxyl groups is 1. The van der Waals surface area contributed by atoms with Crippen LogP contribution >= 0.6 is 0 Å². The highest BCUT2D eigenvalue weighted by atomic mass is 16.5. The third-order valence-corrected chi connectivity index (χ3v) is 1.75. The molecule has 1 fully saturated rings. The first-order chi connectivity index (χ1) is 4.22. The van der Waals surface area contributed by atoms with Crippen LogP contribution in [-0.2, 0) is 4.74 Å². The summed E-state index contributed by atoms with van der Waals surface area (Å²) in [6.07, 6.45) is 0.207. The topological polar surface area (TPSA) is 55.5 Å². The summed E-state index contributed by atoms with van der Waals surface area (Å²) in [5.74, 6) is 0. The molecule has 0 unspecified atom stereocenters. The molecular formula is C6H13NO2. The quantitative estimate of drug-likeness (QED) is 0.465. The van der Waals surface area contributed by atoms with Gasteiger partial charge in [0.15, 0.2) is 0 Å².